The van der Waals surface area contributed by atoms with Gasteiger partial charge in [0.05, 0.1) is 24.7 Å². The summed E-state index contributed by atoms with van der Waals surface area (Å²) in [7, 11) is 1.73. The topological polar surface area (TPSA) is 30.3 Å². The number of aromatic nitrogens is 2. The smallest absolute Gasteiger partial charge is 0.124 e. The number of aryl methyl sites for hydroxylation is 2. The van der Waals surface area contributed by atoms with Crippen LogP contribution in [-0.2, 0) is 19.5 Å². The molecule has 1 aromatic heterocycles. The molecule has 1 aromatic carbocycles. The highest BCUT2D eigenvalue weighted by atomic mass is 16.5. The van der Waals surface area contributed by atoms with E-state index in [9.17, 15) is 0 Å². The molecule has 0 amide bonds. The number of ether oxygens (including phenoxy) is 1. The third-order valence-electron chi connectivity index (χ3n) is 4.30. The summed E-state index contributed by atoms with van der Waals surface area (Å²) in [4.78, 5) is 7.28. The molecule has 2 aromatic rings. The van der Waals surface area contributed by atoms with Gasteiger partial charge in [0.15, 0.2) is 0 Å². The number of benzene rings is 1. The van der Waals surface area contributed by atoms with Crippen LogP contribution in [0.3, 0.4) is 0 Å². The van der Waals surface area contributed by atoms with Crippen LogP contribution in [0.15, 0.2) is 12.1 Å². The zero-order valence-electron chi connectivity index (χ0n) is 12.6. The predicted molar refractivity (Wildman–Crippen MR) is 81.2 cm³/mol. The molecular weight excluding hydrogens is 250 g/mol. The molecule has 3 rings (SSSR count). The second kappa shape index (κ2) is 5.44. The number of imidazole rings is 1. The summed E-state index contributed by atoms with van der Waals surface area (Å²) < 4.78 is 7.81. The lowest BCUT2D eigenvalue weighted by Gasteiger charge is -2.21. The van der Waals surface area contributed by atoms with Gasteiger partial charge >= 0.3 is 0 Å². The van der Waals surface area contributed by atoms with Crippen molar-refractivity contribution in [3.8, 4) is 5.75 Å². The quantitative estimate of drug-likeness (QED) is 0.839. The van der Waals surface area contributed by atoms with Crippen molar-refractivity contribution in [3.05, 3.63) is 23.5 Å². The average molecular weight is 273 g/mol. The minimum atomic E-state index is 0.924. The number of hydrogen-bond donors (Lipinski definition) is 0. The summed E-state index contributed by atoms with van der Waals surface area (Å²) in [5, 5.41) is 0. The normalized spacial score (nSPS) is 14.2. The van der Waals surface area contributed by atoms with Crippen molar-refractivity contribution >= 4 is 11.0 Å². The summed E-state index contributed by atoms with van der Waals surface area (Å²) in [6, 6.07) is 4.23. The molecule has 20 heavy (non-hydrogen) atoms. The minimum Gasteiger partial charge on any atom is -0.497 e. The van der Waals surface area contributed by atoms with E-state index in [2.05, 4.69) is 35.4 Å². The molecule has 1 aliphatic rings. The van der Waals surface area contributed by atoms with E-state index in [1.54, 1.807) is 7.11 Å². The Morgan fingerprint density at radius 2 is 2.10 bits per heavy atom. The van der Waals surface area contributed by atoms with Crippen LogP contribution in [0.5, 0.6) is 5.75 Å². The van der Waals surface area contributed by atoms with Gasteiger partial charge in [-0.1, -0.05) is 13.8 Å². The molecule has 0 saturated heterocycles. The highest BCUT2D eigenvalue weighted by Gasteiger charge is 2.20. The van der Waals surface area contributed by atoms with E-state index in [0.29, 0.717) is 0 Å². The minimum absolute atomic E-state index is 0.924. The van der Waals surface area contributed by atoms with Gasteiger partial charge in [0.2, 0.25) is 0 Å². The first-order chi connectivity index (χ1) is 9.76. The fraction of sp³-hybridized carbons (Fsp3) is 0.562. The monoisotopic (exact) mass is 273 g/mol. The highest BCUT2D eigenvalue weighted by Crippen LogP contribution is 2.31. The number of rotatable bonds is 5. The van der Waals surface area contributed by atoms with Crippen LogP contribution in [0, 0.1) is 0 Å². The molecule has 0 radical (unpaired) electrons. The second-order valence-corrected chi connectivity index (χ2v) is 5.40. The molecule has 4 nitrogen and oxygen atoms in total. The number of nitrogens with zero attached hydrogens (tertiary/aromatic N) is 3. The van der Waals surface area contributed by atoms with Crippen molar-refractivity contribution in [1.29, 1.82) is 0 Å². The lowest BCUT2D eigenvalue weighted by Crippen LogP contribution is -2.25. The Labute approximate surface area is 120 Å². The fourth-order valence-electron chi connectivity index (χ4n) is 3.12. The molecule has 1 aliphatic heterocycles. The average Bonchev–Trinajstić information content (AvgIpc) is 2.84. The summed E-state index contributed by atoms with van der Waals surface area (Å²) in [6.45, 7) is 8.56. The second-order valence-electron chi connectivity index (χ2n) is 5.40. The standard InChI is InChI=1S/C16H23N3O/c1-4-18(5-2)11-15-17-14-10-13(20-3)9-12-7-6-8-19(15)16(12)14/h9-10H,4-8,11H2,1-3H3. The number of hydrogen-bond acceptors (Lipinski definition) is 3. The molecule has 0 N–H and O–H groups in total. The van der Waals surface area contributed by atoms with Gasteiger partial charge < -0.3 is 9.30 Å². The Hall–Kier alpha value is -1.55. The van der Waals surface area contributed by atoms with Crippen LogP contribution < -0.4 is 4.74 Å². The SMILES string of the molecule is CCN(CC)Cc1nc2cc(OC)cc3c2n1CCC3. The first-order valence-electron chi connectivity index (χ1n) is 7.55. The highest BCUT2D eigenvalue weighted by molar-refractivity contribution is 5.82. The van der Waals surface area contributed by atoms with E-state index >= 15 is 0 Å². The lowest BCUT2D eigenvalue weighted by atomic mass is 10.0. The summed E-state index contributed by atoms with van der Waals surface area (Å²) >= 11 is 0. The molecule has 0 bridgehead atoms. The van der Waals surface area contributed by atoms with Gasteiger partial charge in [-0.05, 0) is 37.6 Å². The van der Waals surface area contributed by atoms with Crippen molar-refractivity contribution in [1.82, 2.24) is 14.5 Å². The summed E-state index contributed by atoms with van der Waals surface area (Å²) in [5.74, 6) is 2.12. The van der Waals surface area contributed by atoms with Crippen LogP contribution in [-0.4, -0.2) is 34.7 Å². The molecule has 0 saturated carbocycles. The van der Waals surface area contributed by atoms with Gasteiger partial charge in [0.1, 0.15) is 11.6 Å². The predicted octanol–water partition coefficient (Wildman–Crippen LogP) is 2.83. The third kappa shape index (κ3) is 2.18. The van der Waals surface area contributed by atoms with Crippen LogP contribution in [0.1, 0.15) is 31.7 Å². The van der Waals surface area contributed by atoms with Gasteiger partial charge in [0.25, 0.3) is 0 Å². The first kappa shape index (κ1) is 13.4. The van der Waals surface area contributed by atoms with E-state index < -0.39 is 0 Å². The van der Waals surface area contributed by atoms with Crippen LogP contribution in [0.2, 0.25) is 0 Å². The maximum atomic E-state index is 5.40. The van der Waals surface area contributed by atoms with E-state index in [1.165, 1.54) is 23.3 Å². The fourth-order valence-corrected chi connectivity index (χ4v) is 3.12. The van der Waals surface area contributed by atoms with Crippen molar-refractivity contribution < 1.29 is 4.74 Å². The number of methoxy groups -OCH3 is 1. The maximum absolute atomic E-state index is 5.40. The van der Waals surface area contributed by atoms with Gasteiger partial charge in [-0.2, -0.15) is 0 Å². The molecule has 108 valence electrons. The molecular formula is C16H23N3O. The molecule has 0 aliphatic carbocycles. The van der Waals surface area contributed by atoms with Crippen molar-refractivity contribution in [3.63, 3.8) is 0 Å². The van der Waals surface area contributed by atoms with Gasteiger partial charge in [0, 0.05) is 12.6 Å². The van der Waals surface area contributed by atoms with E-state index in [-0.39, 0.29) is 0 Å². The largest absolute Gasteiger partial charge is 0.497 e. The van der Waals surface area contributed by atoms with Crippen LogP contribution in [0.4, 0.5) is 0 Å². The van der Waals surface area contributed by atoms with Gasteiger partial charge in [-0.25, -0.2) is 4.98 Å². The molecule has 2 heterocycles. The maximum Gasteiger partial charge on any atom is 0.124 e. The lowest BCUT2D eigenvalue weighted by molar-refractivity contribution is 0.283. The van der Waals surface area contributed by atoms with Crippen LogP contribution in [0.25, 0.3) is 11.0 Å². The summed E-state index contributed by atoms with van der Waals surface area (Å²) in [5.41, 5.74) is 3.78. The van der Waals surface area contributed by atoms with Crippen molar-refractivity contribution in [2.75, 3.05) is 20.2 Å². The molecule has 0 spiro atoms. The Kier molecular flexibility index (Phi) is 3.66. The van der Waals surface area contributed by atoms with Gasteiger partial charge in [-0.3, -0.25) is 4.90 Å². The summed E-state index contributed by atoms with van der Waals surface area (Å²) in [6.07, 6.45) is 2.32. The zero-order valence-corrected chi connectivity index (χ0v) is 12.6. The van der Waals surface area contributed by atoms with Crippen LogP contribution >= 0.6 is 0 Å². The Morgan fingerprint density at radius 3 is 2.80 bits per heavy atom. The van der Waals surface area contributed by atoms with Crippen molar-refractivity contribution in [2.45, 2.75) is 39.8 Å². The Morgan fingerprint density at radius 1 is 1.30 bits per heavy atom. The molecule has 0 unspecified atom stereocenters. The molecule has 0 fully saturated rings. The molecule has 0 atom stereocenters. The van der Waals surface area contributed by atoms with E-state index in [1.807, 2.05) is 0 Å². The Balaban J connectivity index is 2.08. The van der Waals surface area contributed by atoms with Gasteiger partial charge in [-0.15, -0.1) is 0 Å². The van der Waals surface area contributed by atoms with E-state index in [4.69, 9.17) is 9.72 Å². The third-order valence-corrected chi connectivity index (χ3v) is 4.30. The Bertz CT molecular complexity index is 614. The zero-order chi connectivity index (χ0) is 14.1. The molecule has 4 heteroatoms. The first-order valence-corrected chi connectivity index (χ1v) is 7.55. The van der Waals surface area contributed by atoms with Crippen molar-refractivity contribution in [2.24, 2.45) is 0 Å². The van der Waals surface area contributed by atoms with E-state index in [0.717, 1.165) is 43.9 Å².